The molecule has 0 amide bonds. The highest BCUT2D eigenvalue weighted by atomic mass is 16.6. The maximum absolute atomic E-state index is 11.9. The molecule has 0 spiro atoms. The van der Waals surface area contributed by atoms with Crippen molar-refractivity contribution in [2.24, 2.45) is 23.2 Å². The van der Waals surface area contributed by atoms with Gasteiger partial charge >= 0.3 is 5.97 Å². The first-order valence-corrected chi connectivity index (χ1v) is 7.39. The van der Waals surface area contributed by atoms with Gasteiger partial charge in [-0.3, -0.25) is 4.79 Å². The Bertz CT molecular complexity index is 420. The van der Waals surface area contributed by atoms with Crippen molar-refractivity contribution in [3.63, 3.8) is 0 Å². The molecule has 2 saturated heterocycles. The number of hydrogen-bond acceptors (Lipinski definition) is 3. The van der Waals surface area contributed by atoms with Gasteiger partial charge in [0.05, 0.1) is 12.0 Å². The molecule has 18 heavy (non-hydrogen) atoms. The summed E-state index contributed by atoms with van der Waals surface area (Å²) in [4.78, 5) is 11.9. The van der Waals surface area contributed by atoms with Crippen LogP contribution in [0.3, 0.4) is 0 Å². The van der Waals surface area contributed by atoms with Crippen LogP contribution in [0.25, 0.3) is 0 Å². The maximum Gasteiger partial charge on any atom is 0.309 e. The van der Waals surface area contributed by atoms with Crippen molar-refractivity contribution >= 4 is 5.97 Å². The second-order valence-corrected chi connectivity index (χ2v) is 7.14. The largest absolute Gasteiger partial charge is 0.459 e. The minimum absolute atomic E-state index is 0.00607. The highest BCUT2D eigenvalue weighted by Crippen LogP contribution is 2.69. The second-order valence-electron chi connectivity index (χ2n) is 7.14. The fourth-order valence-corrected chi connectivity index (χ4v) is 5.43. The summed E-state index contributed by atoms with van der Waals surface area (Å²) >= 11 is 0. The fraction of sp³-hybridized carbons (Fsp3) is 0.933. The van der Waals surface area contributed by atoms with Gasteiger partial charge in [0, 0.05) is 11.3 Å². The second kappa shape index (κ2) is 3.12. The van der Waals surface area contributed by atoms with Crippen LogP contribution in [0.5, 0.6) is 0 Å². The summed E-state index contributed by atoms with van der Waals surface area (Å²) in [7, 11) is 0. The quantitative estimate of drug-likeness (QED) is 0.620. The number of hydrogen-bond donors (Lipinski definition) is 0. The Hall–Kier alpha value is -0.570. The molecule has 0 aromatic rings. The molecule has 0 N–H and O–H groups in total. The van der Waals surface area contributed by atoms with Gasteiger partial charge in [-0.2, -0.15) is 0 Å². The molecular formula is C15H22O3. The molecule has 0 radical (unpaired) electrons. The van der Waals surface area contributed by atoms with Crippen LogP contribution >= 0.6 is 0 Å². The van der Waals surface area contributed by atoms with Crippen molar-refractivity contribution in [2.75, 3.05) is 0 Å². The Labute approximate surface area is 108 Å². The average molecular weight is 250 g/mol. The Kier molecular flexibility index (Phi) is 1.95. The van der Waals surface area contributed by atoms with Gasteiger partial charge in [0.2, 0.25) is 0 Å². The lowest BCUT2D eigenvalue weighted by atomic mass is 9.45. The number of carbonyl (C=O) groups is 1. The first-order valence-electron chi connectivity index (χ1n) is 7.39. The molecule has 4 rings (SSSR count). The third-order valence-corrected chi connectivity index (χ3v) is 6.60. The van der Waals surface area contributed by atoms with Gasteiger partial charge in [0.25, 0.3) is 0 Å². The maximum atomic E-state index is 11.9. The number of ether oxygens (including phenoxy) is 2. The summed E-state index contributed by atoms with van der Waals surface area (Å²) in [5.41, 5.74) is 0.0788. The van der Waals surface area contributed by atoms with E-state index in [0.717, 1.165) is 6.42 Å². The van der Waals surface area contributed by atoms with Crippen molar-refractivity contribution in [3.8, 4) is 0 Å². The van der Waals surface area contributed by atoms with E-state index in [4.69, 9.17) is 9.47 Å². The molecule has 0 aromatic carbocycles. The van der Waals surface area contributed by atoms with Crippen molar-refractivity contribution < 1.29 is 14.3 Å². The molecular weight excluding hydrogens is 228 g/mol. The third kappa shape index (κ3) is 0.941. The standard InChI is InChI=1S/C15H22O3/c1-8-4-5-11-14(3)7-6-10-9(2)13(16)17-12(10)15(8,14)18-11/h8-12H,4-7H2,1-3H3/t8-,9+,10+,11+,12+,14+,15+/m1/s1. The van der Waals surface area contributed by atoms with Crippen LogP contribution in [0.15, 0.2) is 0 Å². The Morgan fingerprint density at radius 2 is 2.00 bits per heavy atom. The van der Waals surface area contributed by atoms with Crippen LogP contribution in [0.4, 0.5) is 0 Å². The average Bonchev–Trinajstić information content (AvgIpc) is 2.62. The highest BCUT2D eigenvalue weighted by molar-refractivity contribution is 5.75. The van der Waals surface area contributed by atoms with Gasteiger partial charge in [-0.25, -0.2) is 0 Å². The molecule has 2 bridgehead atoms. The Morgan fingerprint density at radius 3 is 2.72 bits per heavy atom. The van der Waals surface area contributed by atoms with E-state index in [1.807, 2.05) is 6.92 Å². The lowest BCUT2D eigenvalue weighted by Gasteiger charge is -2.72. The van der Waals surface area contributed by atoms with Gasteiger partial charge in [-0.15, -0.1) is 0 Å². The van der Waals surface area contributed by atoms with E-state index in [9.17, 15) is 4.79 Å². The normalized spacial score (nSPS) is 61.5. The minimum Gasteiger partial charge on any atom is -0.459 e. The van der Waals surface area contributed by atoms with Gasteiger partial charge < -0.3 is 9.47 Å². The number of fused-ring (bicyclic) bond motifs is 1. The lowest BCUT2D eigenvalue weighted by Crippen LogP contribution is -2.80. The topological polar surface area (TPSA) is 35.5 Å². The zero-order valence-electron chi connectivity index (χ0n) is 11.4. The predicted molar refractivity (Wildman–Crippen MR) is 65.9 cm³/mol. The Balaban J connectivity index is 1.79. The Morgan fingerprint density at radius 1 is 1.22 bits per heavy atom. The van der Waals surface area contributed by atoms with Crippen molar-refractivity contribution in [2.45, 2.75) is 64.3 Å². The first kappa shape index (κ1) is 11.3. The van der Waals surface area contributed by atoms with Gasteiger partial charge in [0.15, 0.2) is 0 Å². The van der Waals surface area contributed by atoms with Crippen LogP contribution in [0.2, 0.25) is 0 Å². The zero-order valence-corrected chi connectivity index (χ0v) is 11.4. The van der Waals surface area contributed by atoms with E-state index in [0.29, 0.717) is 17.9 Å². The van der Waals surface area contributed by atoms with Gasteiger partial charge in [-0.1, -0.05) is 20.8 Å². The molecule has 2 saturated carbocycles. The SMILES string of the molecule is C[C@@H]1C(=O)O[C@H]2[C@H]1CC[C@@]1(C)[C@@H]3CC[C@@H](C)[C@]21O3. The molecule has 2 aliphatic heterocycles. The molecule has 3 heteroatoms. The van der Waals surface area contributed by atoms with Crippen LogP contribution in [-0.4, -0.2) is 23.8 Å². The van der Waals surface area contributed by atoms with Crippen molar-refractivity contribution in [1.29, 1.82) is 0 Å². The summed E-state index contributed by atoms with van der Waals surface area (Å²) in [5, 5.41) is 0. The molecule has 3 nitrogen and oxygen atoms in total. The fourth-order valence-electron chi connectivity index (χ4n) is 5.43. The molecule has 2 aliphatic carbocycles. The number of carbonyl (C=O) groups excluding carboxylic acids is 1. The monoisotopic (exact) mass is 250 g/mol. The van der Waals surface area contributed by atoms with Crippen molar-refractivity contribution in [1.82, 2.24) is 0 Å². The first-order chi connectivity index (χ1) is 8.50. The van der Waals surface area contributed by atoms with E-state index < -0.39 is 0 Å². The summed E-state index contributed by atoms with van der Waals surface area (Å²) in [6.45, 7) is 6.67. The summed E-state index contributed by atoms with van der Waals surface area (Å²) in [5.74, 6) is 0.949. The molecule has 7 atom stereocenters. The number of rotatable bonds is 0. The highest BCUT2D eigenvalue weighted by Gasteiger charge is 2.76. The van der Waals surface area contributed by atoms with E-state index >= 15 is 0 Å². The molecule has 4 fully saturated rings. The van der Waals surface area contributed by atoms with E-state index in [1.54, 1.807) is 0 Å². The molecule has 4 aliphatic rings. The van der Waals surface area contributed by atoms with Crippen LogP contribution in [-0.2, 0) is 14.3 Å². The molecule has 0 unspecified atom stereocenters. The summed E-state index contributed by atoms with van der Waals surface area (Å²) < 4.78 is 12.1. The zero-order chi connectivity index (χ0) is 12.7. The van der Waals surface area contributed by atoms with Gasteiger partial charge in [0.1, 0.15) is 11.7 Å². The van der Waals surface area contributed by atoms with Crippen LogP contribution in [0, 0.1) is 23.2 Å². The smallest absolute Gasteiger partial charge is 0.309 e. The molecule has 2 heterocycles. The number of esters is 1. The van der Waals surface area contributed by atoms with E-state index in [-0.39, 0.29) is 29.0 Å². The molecule has 0 aromatic heterocycles. The third-order valence-electron chi connectivity index (χ3n) is 6.60. The summed E-state index contributed by atoms with van der Waals surface area (Å²) in [6.07, 6.45) is 5.15. The van der Waals surface area contributed by atoms with E-state index in [2.05, 4.69) is 13.8 Å². The van der Waals surface area contributed by atoms with Crippen LogP contribution in [0.1, 0.15) is 46.5 Å². The van der Waals surface area contributed by atoms with Crippen LogP contribution < -0.4 is 0 Å². The van der Waals surface area contributed by atoms with E-state index in [1.165, 1.54) is 19.3 Å². The lowest BCUT2D eigenvalue weighted by molar-refractivity contribution is -0.402. The summed E-state index contributed by atoms with van der Waals surface area (Å²) in [6, 6.07) is 0. The van der Waals surface area contributed by atoms with Gasteiger partial charge in [-0.05, 0) is 31.6 Å². The minimum atomic E-state index is -0.167. The predicted octanol–water partition coefficient (Wildman–Crippen LogP) is 2.53. The molecule has 100 valence electrons. The van der Waals surface area contributed by atoms with Crippen molar-refractivity contribution in [3.05, 3.63) is 0 Å².